The molecule has 1 aliphatic heterocycles. The van der Waals surface area contributed by atoms with Crippen LogP contribution in [-0.2, 0) is 11.3 Å². The fourth-order valence-electron chi connectivity index (χ4n) is 2.50. The van der Waals surface area contributed by atoms with Crippen molar-refractivity contribution in [3.63, 3.8) is 0 Å². The average Bonchev–Trinajstić information content (AvgIpc) is 2.77. The Balaban J connectivity index is 0.00000200. The quantitative estimate of drug-likeness (QED) is 0.877. The number of amides is 1. The van der Waals surface area contributed by atoms with Crippen LogP contribution in [0.4, 0.5) is 5.95 Å². The molecule has 0 aromatic carbocycles. The highest BCUT2D eigenvalue weighted by Gasteiger charge is 2.17. The van der Waals surface area contributed by atoms with Gasteiger partial charge in [-0.05, 0) is 37.8 Å². The Morgan fingerprint density at radius 2 is 2.20 bits per heavy atom. The molecule has 1 amide bonds. The standard InChI is InChI=1S/C14H24N4O.ClH/c1-11(2)10-18-8-7-16-14(18)17-13(19)9-12-3-5-15-6-4-12;/h7-8,11-12,15H,3-6,9-10H2,1-2H3,(H,16,17,19);1H. The molecule has 1 fully saturated rings. The molecule has 1 aliphatic rings. The number of carbonyl (C=O) groups is 1. The van der Waals surface area contributed by atoms with Crippen LogP contribution in [0.25, 0.3) is 0 Å². The zero-order chi connectivity index (χ0) is 13.7. The van der Waals surface area contributed by atoms with Gasteiger partial charge in [0.25, 0.3) is 0 Å². The van der Waals surface area contributed by atoms with Crippen molar-refractivity contribution in [3.05, 3.63) is 12.4 Å². The van der Waals surface area contributed by atoms with E-state index in [-0.39, 0.29) is 18.3 Å². The second-order valence-electron chi connectivity index (χ2n) is 5.74. The molecule has 6 heteroatoms. The molecular weight excluding hydrogens is 276 g/mol. The number of hydrogen-bond donors (Lipinski definition) is 2. The Bertz CT molecular complexity index is 413. The van der Waals surface area contributed by atoms with Crippen molar-refractivity contribution in [1.82, 2.24) is 14.9 Å². The third-order valence-electron chi connectivity index (χ3n) is 3.46. The van der Waals surface area contributed by atoms with E-state index in [4.69, 9.17) is 0 Å². The number of carbonyl (C=O) groups excluding carboxylic acids is 1. The normalized spacial score (nSPS) is 15.9. The number of hydrogen-bond acceptors (Lipinski definition) is 3. The largest absolute Gasteiger partial charge is 0.317 e. The van der Waals surface area contributed by atoms with Crippen LogP contribution in [0.5, 0.6) is 0 Å². The highest BCUT2D eigenvalue weighted by atomic mass is 35.5. The number of aromatic nitrogens is 2. The number of rotatable bonds is 5. The van der Waals surface area contributed by atoms with Crippen LogP contribution >= 0.6 is 12.4 Å². The summed E-state index contributed by atoms with van der Waals surface area (Å²) in [5.74, 6) is 1.81. The zero-order valence-electron chi connectivity index (χ0n) is 12.3. The van der Waals surface area contributed by atoms with Crippen molar-refractivity contribution in [1.29, 1.82) is 0 Å². The topological polar surface area (TPSA) is 59.0 Å². The molecule has 0 saturated carbocycles. The Labute approximate surface area is 126 Å². The van der Waals surface area contributed by atoms with Gasteiger partial charge in [-0.1, -0.05) is 13.8 Å². The first-order chi connectivity index (χ1) is 9.15. The molecule has 0 bridgehead atoms. The van der Waals surface area contributed by atoms with E-state index in [0.717, 1.165) is 32.5 Å². The van der Waals surface area contributed by atoms with Gasteiger partial charge in [-0.25, -0.2) is 4.98 Å². The average molecular weight is 301 g/mol. The van der Waals surface area contributed by atoms with Crippen LogP contribution in [0.1, 0.15) is 33.1 Å². The lowest BCUT2D eigenvalue weighted by molar-refractivity contribution is -0.117. The lowest BCUT2D eigenvalue weighted by atomic mass is 9.94. The van der Waals surface area contributed by atoms with Gasteiger partial charge in [0.05, 0.1) is 0 Å². The van der Waals surface area contributed by atoms with Crippen molar-refractivity contribution in [2.75, 3.05) is 18.4 Å². The summed E-state index contributed by atoms with van der Waals surface area (Å²) in [6.07, 6.45) is 6.45. The van der Waals surface area contributed by atoms with E-state index in [1.54, 1.807) is 6.20 Å². The van der Waals surface area contributed by atoms with Crippen LogP contribution in [-0.4, -0.2) is 28.5 Å². The number of anilines is 1. The number of nitrogens with zero attached hydrogens (tertiary/aromatic N) is 2. The molecule has 1 saturated heterocycles. The maximum absolute atomic E-state index is 12.0. The Morgan fingerprint density at radius 3 is 2.85 bits per heavy atom. The molecule has 0 atom stereocenters. The van der Waals surface area contributed by atoms with E-state index < -0.39 is 0 Å². The molecule has 1 aromatic rings. The molecule has 0 aliphatic carbocycles. The van der Waals surface area contributed by atoms with Gasteiger partial charge < -0.3 is 9.88 Å². The predicted octanol–water partition coefficient (Wildman–Crippen LogP) is 2.29. The summed E-state index contributed by atoms with van der Waals surface area (Å²) < 4.78 is 2.00. The fraction of sp³-hybridized carbons (Fsp3) is 0.714. The molecule has 2 N–H and O–H groups in total. The summed E-state index contributed by atoms with van der Waals surface area (Å²) >= 11 is 0. The lowest BCUT2D eigenvalue weighted by Crippen LogP contribution is -2.30. The molecule has 2 rings (SSSR count). The van der Waals surface area contributed by atoms with Gasteiger partial charge in [0.2, 0.25) is 11.9 Å². The highest BCUT2D eigenvalue weighted by molar-refractivity contribution is 5.89. The first-order valence-electron chi connectivity index (χ1n) is 7.17. The molecule has 0 unspecified atom stereocenters. The van der Waals surface area contributed by atoms with Crippen LogP contribution < -0.4 is 10.6 Å². The molecule has 5 nitrogen and oxygen atoms in total. The third-order valence-corrected chi connectivity index (χ3v) is 3.46. The molecule has 114 valence electrons. The Morgan fingerprint density at radius 1 is 1.50 bits per heavy atom. The summed E-state index contributed by atoms with van der Waals surface area (Å²) in [7, 11) is 0. The van der Waals surface area contributed by atoms with E-state index in [0.29, 0.717) is 24.2 Å². The first kappa shape index (κ1) is 17.0. The van der Waals surface area contributed by atoms with Gasteiger partial charge in [0, 0.05) is 25.4 Å². The van der Waals surface area contributed by atoms with Crippen molar-refractivity contribution in [2.45, 2.75) is 39.7 Å². The van der Waals surface area contributed by atoms with Crippen LogP contribution in [0.3, 0.4) is 0 Å². The summed E-state index contributed by atoms with van der Waals surface area (Å²) in [6, 6.07) is 0. The maximum atomic E-state index is 12.0. The zero-order valence-corrected chi connectivity index (χ0v) is 13.1. The maximum Gasteiger partial charge on any atom is 0.226 e. The van der Waals surface area contributed by atoms with E-state index in [9.17, 15) is 4.79 Å². The van der Waals surface area contributed by atoms with Gasteiger partial charge >= 0.3 is 0 Å². The SMILES string of the molecule is CC(C)Cn1ccnc1NC(=O)CC1CCNCC1.Cl. The van der Waals surface area contributed by atoms with Gasteiger partial charge in [0.15, 0.2) is 0 Å². The summed E-state index contributed by atoms with van der Waals surface area (Å²) in [6.45, 7) is 7.24. The number of imidazole rings is 1. The lowest BCUT2D eigenvalue weighted by Gasteiger charge is -2.22. The van der Waals surface area contributed by atoms with Gasteiger partial charge in [0.1, 0.15) is 0 Å². The van der Waals surface area contributed by atoms with Gasteiger partial charge in [-0.15, -0.1) is 12.4 Å². The highest BCUT2D eigenvalue weighted by Crippen LogP contribution is 2.17. The first-order valence-corrected chi connectivity index (χ1v) is 7.17. The summed E-state index contributed by atoms with van der Waals surface area (Å²) in [5, 5.41) is 6.25. The minimum Gasteiger partial charge on any atom is -0.317 e. The second kappa shape index (κ2) is 8.27. The number of halogens is 1. The van der Waals surface area contributed by atoms with Crippen molar-refractivity contribution >= 4 is 24.3 Å². The smallest absolute Gasteiger partial charge is 0.226 e. The summed E-state index contributed by atoms with van der Waals surface area (Å²) in [4.78, 5) is 16.3. The predicted molar refractivity (Wildman–Crippen MR) is 83.2 cm³/mol. The van der Waals surface area contributed by atoms with Crippen molar-refractivity contribution in [2.24, 2.45) is 11.8 Å². The Kier molecular flexibility index (Phi) is 7.02. The number of nitrogens with one attached hydrogen (secondary N) is 2. The third kappa shape index (κ3) is 5.13. The summed E-state index contributed by atoms with van der Waals surface area (Å²) in [5.41, 5.74) is 0. The molecule has 0 spiro atoms. The Hall–Kier alpha value is -1.07. The van der Waals surface area contributed by atoms with Gasteiger partial charge in [-0.2, -0.15) is 0 Å². The molecule has 1 aromatic heterocycles. The van der Waals surface area contributed by atoms with Gasteiger partial charge in [-0.3, -0.25) is 10.1 Å². The monoisotopic (exact) mass is 300 g/mol. The van der Waals surface area contributed by atoms with Crippen LogP contribution in [0.2, 0.25) is 0 Å². The van der Waals surface area contributed by atoms with Crippen molar-refractivity contribution < 1.29 is 4.79 Å². The number of piperidine rings is 1. The molecular formula is C14H25ClN4O. The van der Waals surface area contributed by atoms with E-state index in [2.05, 4.69) is 29.5 Å². The fourth-order valence-corrected chi connectivity index (χ4v) is 2.50. The van der Waals surface area contributed by atoms with Crippen LogP contribution in [0.15, 0.2) is 12.4 Å². The van der Waals surface area contributed by atoms with E-state index in [1.807, 2.05) is 10.8 Å². The second-order valence-corrected chi connectivity index (χ2v) is 5.74. The van der Waals surface area contributed by atoms with Crippen molar-refractivity contribution in [3.8, 4) is 0 Å². The molecule has 20 heavy (non-hydrogen) atoms. The van der Waals surface area contributed by atoms with E-state index >= 15 is 0 Å². The molecule has 0 radical (unpaired) electrons. The van der Waals surface area contributed by atoms with E-state index in [1.165, 1.54) is 0 Å². The molecule has 2 heterocycles. The van der Waals surface area contributed by atoms with Crippen LogP contribution in [0, 0.1) is 11.8 Å². The minimum atomic E-state index is 0. The minimum absolute atomic E-state index is 0.